The third-order valence-electron chi connectivity index (χ3n) is 3.80. The summed E-state index contributed by atoms with van der Waals surface area (Å²) < 4.78 is 10.8. The molecule has 1 aromatic carbocycles. The van der Waals surface area contributed by atoms with E-state index < -0.39 is 0 Å². The zero-order valence-corrected chi connectivity index (χ0v) is 12.1. The monoisotopic (exact) mass is 309 g/mol. The second-order valence-electron chi connectivity index (χ2n) is 5.23. The van der Waals surface area contributed by atoms with Crippen LogP contribution in [0.3, 0.4) is 0 Å². The molecule has 2 atom stereocenters. The minimum Gasteiger partial charge on any atom is -0.493 e. The highest BCUT2D eigenvalue weighted by Gasteiger charge is 2.28. The van der Waals surface area contributed by atoms with Crippen LogP contribution in [0, 0.1) is 0 Å². The summed E-state index contributed by atoms with van der Waals surface area (Å²) in [6.45, 7) is 1.30. The van der Waals surface area contributed by atoms with Gasteiger partial charge in [0.15, 0.2) is 0 Å². The molecule has 0 radical (unpaired) electrons. The third kappa shape index (κ3) is 2.62. The van der Waals surface area contributed by atoms with E-state index in [1.54, 1.807) is 0 Å². The zero-order valence-electron chi connectivity index (χ0n) is 11.3. The largest absolute Gasteiger partial charge is 0.493 e. The van der Waals surface area contributed by atoms with Gasteiger partial charge in [0.05, 0.1) is 18.8 Å². The summed E-state index contributed by atoms with van der Waals surface area (Å²) in [7, 11) is 0. The van der Waals surface area contributed by atoms with Gasteiger partial charge in [0, 0.05) is 18.5 Å². The third-order valence-corrected chi connectivity index (χ3v) is 3.80. The lowest BCUT2D eigenvalue weighted by Gasteiger charge is -2.02. The topological polar surface area (TPSA) is 80.4 Å². The van der Waals surface area contributed by atoms with Crippen LogP contribution in [0.1, 0.15) is 23.9 Å². The second kappa shape index (κ2) is 5.63. The highest BCUT2D eigenvalue weighted by molar-refractivity contribution is 5.85. The van der Waals surface area contributed by atoms with E-state index in [1.165, 1.54) is 5.56 Å². The van der Waals surface area contributed by atoms with E-state index in [0.29, 0.717) is 24.7 Å². The highest BCUT2D eigenvalue weighted by atomic mass is 35.5. The van der Waals surface area contributed by atoms with Crippen LogP contribution in [0.25, 0.3) is 11.4 Å². The smallest absolute Gasteiger partial charge is 0.244 e. The van der Waals surface area contributed by atoms with E-state index in [4.69, 9.17) is 9.26 Å². The van der Waals surface area contributed by atoms with Gasteiger partial charge < -0.3 is 19.7 Å². The van der Waals surface area contributed by atoms with Crippen molar-refractivity contribution in [2.75, 3.05) is 13.2 Å². The predicted molar refractivity (Wildman–Crippen MR) is 77.5 cm³/mol. The average molecular weight is 310 g/mol. The Kier molecular flexibility index (Phi) is 3.84. The van der Waals surface area contributed by atoms with E-state index in [0.717, 1.165) is 24.3 Å². The average Bonchev–Trinajstić information content (AvgIpc) is 3.17. The number of fused-ring (bicyclic) bond motifs is 1. The molecule has 0 bridgehead atoms. The number of aromatic nitrogens is 2. The van der Waals surface area contributed by atoms with Gasteiger partial charge in [-0.3, -0.25) is 0 Å². The molecule has 1 fully saturated rings. The van der Waals surface area contributed by atoms with Crippen molar-refractivity contribution in [2.24, 2.45) is 0 Å². The lowest BCUT2D eigenvalue weighted by molar-refractivity contribution is 0.191. The number of aliphatic hydroxyl groups excluding tert-OH is 1. The van der Waals surface area contributed by atoms with Gasteiger partial charge >= 0.3 is 0 Å². The van der Waals surface area contributed by atoms with Crippen molar-refractivity contribution in [1.29, 1.82) is 0 Å². The van der Waals surface area contributed by atoms with E-state index >= 15 is 0 Å². The molecule has 21 heavy (non-hydrogen) atoms. The molecule has 2 N–H and O–H groups in total. The summed E-state index contributed by atoms with van der Waals surface area (Å²) in [6, 6.07) is 5.89. The number of β-amino-alcohol motifs (C(OH)–C–C–N with tert-alkyl or cyclic N) is 1. The summed E-state index contributed by atoms with van der Waals surface area (Å²) in [5.74, 6) is 2.06. The number of nitrogens with zero attached hydrogens (tertiary/aromatic N) is 2. The van der Waals surface area contributed by atoms with Crippen LogP contribution in [-0.4, -0.2) is 34.5 Å². The van der Waals surface area contributed by atoms with Gasteiger partial charge in [0.25, 0.3) is 0 Å². The SMILES string of the molecule is Cl.O[C@@H]1CN[C@@H](c2nc(-c3ccc4c(c3)CCO4)no2)C1. The first kappa shape index (κ1) is 14.3. The number of hydrogen-bond acceptors (Lipinski definition) is 6. The fourth-order valence-corrected chi connectivity index (χ4v) is 2.72. The fourth-order valence-electron chi connectivity index (χ4n) is 2.72. The molecule has 0 unspecified atom stereocenters. The maximum atomic E-state index is 9.52. The van der Waals surface area contributed by atoms with Gasteiger partial charge in [0.1, 0.15) is 5.75 Å². The standard InChI is InChI=1S/C14H15N3O3.ClH/c18-10-6-11(15-7-10)14-16-13(17-20-14)9-1-2-12-8(5-9)3-4-19-12;/h1-2,5,10-11,15,18H,3-4,6-7H2;1H/t10-,11+;/m0./s1. The summed E-state index contributed by atoms with van der Waals surface area (Å²) in [5, 5.41) is 16.7. The van der Waals surface area contributed by atoms with Gasteiger partial charge in [-0.1, -0.05) is 5.16 Å². The normalized spacial score (nSPS) is 23.5. The molecule has 2 aliphatic heterocycles. The lowest BCUT2D eigenvalue weighted by atomic mass is 10.1. The number of aliphatic hydroxyl groups is 1. The van der Waals surface area contributed by atoms with Gasteiger partial charge in [-0.25, -0.2) is 0 Å². The predicted octanol–water partition coefficient (Wildman–Crippen LogP) is 1.49. The number of benzene rings is 1. The Bertz CT molecular complexity index is 646. The molecule has 0 saturated carbocycles. The summed E-state index contributed by atoms with van der Waals surface area (Å²) in [5.41, 5.74) is 2.12. The van der Waals surface area contributed by atoms with E-state index in [9.17, 15) is 5.11 Å². The number of hydrogen-bond donors (Lipinski definition) is 2. The van der Waals surface area contributed by atoms with Crippen LogP contribution in [-0.2, 0) is 6.42 Å². The number of halogens is 1. The molecule has 2 aromatic rings. The molecule has 7 heteroatoms. The first-order valence-electron chi connectivity index (χ1n) is 6.81. The second-order valence-corrected chi connectivity index (χ2v) is 5.23. The molecule has 4 rings (SSSR count). The van der Waals surface area contributed by atoms with Gasteiger partial charge in [0.2, 0.25) is 11.7 Å². The van der Waals surface area contributed by atoms with Crippen molar-refractivity contribution in [1.82, 2.24) is 15.5 Å². The molecule has 3 heterocycles. The molecule has 0 amide bonds. The van der Waals surface area contributed by atoms with Crippen molar-refractivity contribution >= 4 is 12.4 Å². The van der Waals surface area contributed by atoms with Crippen LogP contribution in [0.2, 0.25) is 0 Å². The molecule has 1 saturated heterocycles. The first-order valence-corrected chi connectivity index (χ1v) is 6.81. The molecule has 2 aliphatic rings. The quantitative estimate of drug-likeness (QED) is 0.875. The maximum Gasteiger partial charge on any atom is 0.244 e. The Balaban J connectivity index is 0.00000132. The molecule has 0 aliphatic carbocycles. The molecular formula is C14H16ClN3O3. The van der Waals surface area contributed by atoms with Gasteiger partial charge in [-0.15, -0.1) is 12.4 Å². The number of nitrogens with one attached hydrogen (secondary N) is 1. The van der Waals surface area contributed by atoms with E-state index in [-0.39, 0.29) is 24.6 Å². The number of ether oxygens (including phenoxy) is 1. The van der Waals surface area contributed by atoms with E-state index in [2.05, 4.69) is 15.5 Å². The molecule has 112 valence electrons. The van der Waals surface area contributed by atoms with Crippen LogP contribution in [0.5, 0.6) is 5.75 Å². The van der Waals surface area contributed by atoms with Crippen molar-refractivity contribution in [3.63, 3.8) is 0 Å². The Morgan fingerprint density at radius 2 is 2.24 bits per heavy atom. The summed E-state index contributed by atoms with van der Waals surface area (Å²) in [6.07, 6.45) is 1.19. The molecular weight excluding hydrogens is 294 g/mol. The highest BCUT2D eigenvalue weighted by Crippen LogP contribution is 2.30. The van der Waals surface area contributed by atoms with Gasteiger partial charge in [-0.05, 0) is 30.2 Å². The van der Waals surface area contributed by atoms with Crippen LogP contribution in [0.4, 0.5) is 0 Å². The van der Waals surface area contributed by atoms with Crippen molar-refractivity contribution in [2.45, 2.75) is 25.0 Å². The van der Waals surface area contributed by atoms with Crippen molar-refractivity contribution < 1.29 is 14.4 Å². The molecule has 1 aromatic heterocycles. The Hall–Kier alpha value is -1.63. The zero-order chi connectivity index (χ0) is 13.5. The minimum absolute atomic E-state index is 0. The van der Waals surface area contributed by atoms with Crippen molar-refractivity contribution in [3.05, 3.63) is 29.7 Å². The maximum absolute atomic E-state index is 9.52. The Morgan fingerprint density at radius 1 is 1.33 bits per heavy atom. The molecule has 0 spiro atoms. The first-order chi connectivity index (χ1) is 9.79. The number of rotatable bonds is 2. The van der Waals surface area contributed by atoms with Crippen LogP contribution < -0.4 is 10.1 Å². The summed E-state index contributed by atoms with van der Waals surface area (Å²) in [4.78, 5) is 4.43. The molecule has 6 nitrogen and oxygen atoms in total. The Morgan fingerprint density at radius 3 is 3.05 bits per heavy atom. The lowest BCUT2D eigenvalue weighted by Crippen LogP contribution is -2.15. The van der Waals surface area contributed by atoms with Gasteiger partial charge in [-0.2, -0.15) is 4.98 Å². The van der Waals surface area contributed by atoms with Crippen molar-refractivity contribution in [3.8, 4) is 17.1 Å². The van der Waals surface area contributed by atoms with E-state index in [1.807, 2.05) is 18.2 Å². The van der Waals surface area contributed by atoms with Crippen LogP contribution >= 0.6 is 12.4 Å². The fraction of sp³-hybridized carbons (Fsp3) is 0.429. The minimum atomic E-state index is -0.340. The summed E-state index contributed by atoms with van der Waals surface area (Å²) >= 11 is 0. The Labute approximate surface area is 127 Å². The van der Waals surface area contributed by atoms with Crippen LogP contribution in [0.15, 0.2) is 22.7 Å².